The van der Waals surface area contributed by atoms with Gasteiger partial charge in [0.2, 0.25) is 0 Å². The van der Waals surface area contributed by atoms with Gasteiger partial charge in [-0.3, -0.25) is 14.5 Å². The Labute approximate surface area is 172 Å². The van der Waals surface area contributed by atoms with E-state index in [4.69, 9.17) is 15.9 Å². The molecule has 0 saturated heterocycles. The summed E-state index contributed by atoms with van der Waals surface area (Å²) in [4.78, 5) is 22.8. The molecule has 0 aliphatic heterocycles. The lowest BCUT2D eigenvalue weighted by atomic mass is 9.90. The van der Waals surface area contributed by atoms with Gasteiger partial charge in [0.05, 0.1) is 0 Å². The third-order valence-corrected chi connectivity index (χ3v) is 5.52. The molecule has 0 rings (SSSR count). The number of carboxylic acid groups (broad SMARTS) is 2. The molecule has 0 aromatic rings. The van der Waals surface area contributed by atoms with E-state index in [2.05, 4.69) is 6.92 Å². The van der Waals surface area contributed by atoms with Crippen molar-refractivity contribution >= 4 is 11.9 Å². The van der Waals surface area contributed by atoms with Crippen molar-refractivity contribution in [3.05, 3.63) is 0 Å². The van der Waals surface area contributed by atoms with Gasteiger partial charge in [0.1, 0.15) is 5.54 Å². The van der Waals surface area contributed by atoms with E-state index in [1.807, 2.05) is 6.92 Å². The second-order valence-corrected chi connectivity index (χ2v) is 8.04. The van der Waals surface area contributed by atoms with Crippen LogP contribution in [0.25, 0.3) is 0 Å². The van der Waals surface area contributed by atoms with Crippen LogP contribution in [0.5, 0.6) is 0 Å². The first-order valence-corrected chi connectivity index (χ1v) is 11.0. The predicted molar refractivity (Wildman–Crippen MR) is 117 cm³/mol. The fourth-order valence-electron chi connectivity index (χ4n) is 3.02. The molecule has 0 aliphatic carbocycles. The van der Waals surface area contributed by atoms with E-state index < -0.39 is 17.5 Å². The monoisotopic (exact) mass is 402 g/mol. The van der Waals surface area contributed by atoms with Gasteiger partial charge in [0.25, 0.3) is 0 Å². The third-order valence-electron chi connectivity index (χ3n) is 5.52. The number of aliphatic carboxylic acids is 2. The van der Waals surface area contributed by atoms with Gasteiger partial charge in [-0.15, -0.1) is 0 Å². The summed E-state index contributed by atoms with van der Waals surface area (Å²) in [5.41, 5.74) is 4.77. The molecule has 2 unspecified atom stereocenters. The maximum atomic E-state index is 10.9. The van der Waals surface area contributed by atoms with Gasteiger partial charge >= 0.3 is 11.9 Å². The average Bonchev–Trinajstić information content (AvgIpc) is 2.64. The Bertz CT molecular complexity index is 402. The molecule has 168 valence electrons. The summed E-state index contributed by atoms with van der Waals surface area (Å²) in [7, 11) is 3.45. The van der Waals surface area contributed by atoms with Gasteiger partial charge < -0.3 is 15.9 Å². The highest BCUT2D eigenvalue weighted by Crippen LogP contribution is 2.17. The van der Waals surface area contributed by atoms with Gasteiger partial charge in [-0.05, 0) is 33.9 Å². The second-order valence-electron chi connectivity index (χ2n) is 8.04. The van der Waals surface area contributed by atoms with Gasteiger partial charge in [-0.1, -0.05) is 78.1 Å². The number of carbonyl (C=O) groups is 2. The van der Waals surface area contributed by atoms with E-state index >= 15 is 0 Å². The van der Waals surface area contributed by atoms with Crippen molar-refractivity contribution in [1.82, 2.24) is 4.90 Å². The van der Waals surface area contributed by atoms with Crippen molar-refractivity contribution in [2.24, 2.45) is 5.73 Å². The standard InChI is InChI=1S/C14H28O2.C8H18N2O2/c1-2-3-4-5-6-7-8-9-10-11-12-13-14(15)16;1-5-6(9)8(2,7(11)12)10(3)4/h2-13H2,1H3,(H,15,16);6H,5,9H2,1-4H3,(H,11,12). The second kappa shape index (κ2) is 17.9. The Balaban J connectivity index is 0. The van der Waals surface area contributed by atoms with Crippen LogP contribution in [0, 0.1) is 0 Å². The van der Waals surface area contributed by atoms with Crippen molar-refractivity contribution < 1.29 is 19.8 Å². The number of rotatable bonds is 16. The molecule has 28 heavy (non-hydrogen) atoms. The Morgan fingerprint density at radius 1 is 0.857 bits per heavy atom. The summed E-state index contributed by atoms with van der Waals surface area (Å²) in [5.74, 6) is -1.53. The van der Waals surface area contributed by atoms with E-state index in [9.17, 15) is 9.59 Å². The number of hydrogen-bond acceptors (Lipinski definition) is 4. The molecule has 0 aromatic heterocycles. The number of likely N-dealkylation sites (N-methyl/N-ethyl adjacent to an activating group) is 1. The zero-order valence-corrected chi connectivity index (χ0v) is 19.0. The van der Waals surface area contributed by atoms with E-state index in [1.165, 1.54) is 57.8 Å². The number of unbranched alkanes of at least 4 members (excludes halogenated alkanes) is 10. The fraction of sp³-hybridized carbons (Fsp3) is 0.909. The molecule has 2 atom stereocenters. The Hall–Kier alpha value is -1.14. The van der Waals surface area contributed by atoms with Gasteiger partial charge in [-0.2, -0.15) is 0 Å². The highest BCUT2D eigenvalue weighted by Gasteiger charge is 2.40. The lowest BCUT2D eigenvalue weighted by molar-refractivity contribution is -0.150. The van der Waals surface area contributed by atoms with Crippen LogP contribution in [0.3, 0.4) is 0 Å². The molecule has 0 radical (unpaired) electrons. The lowest BCUT2D eigenvalue weighted by Gasteiger charge is -2.36. The molecule has 0 saturated carbocycles. The van der Waals surface area contributed by atoms with Crippen molar-refractivity contribution in [1.29, 1.82) is 0 Å². The zero-order valence-electron chi connectivity index (χ0n) is 19.0. The maximum Gasteiger partial charge on any atom is 0.325 e. The average molecular weight is 403 g/mol. The minimum atomic E-state index is -0.964. The summed E-state index contributed by atoms with van der Waals surface area (Å²) >= 11 is 0. The van der Waals surface area contributed by atoms with Crippen LogP contribution in [-0.4, -0.2) is 52.7 Å². The number of nitrogens with zero attached hydrogens (tertiary/aromatic N) is 1. The molecule has 0 spiro atoms. The topological polar surface area (TPSA) is 104 Å². The first-order chi connectivity index (χ1) is 13.1. The Kier molecular flexibility index (Phi) is 18.6. The van der Waals surface area contributed by atoms with E-state index in [1.54, 1.807) is 25.9 Å². The van der Waals surface area contributed by atoms with Crippen LogP contribution >= 0.6 is 0 Å². The first kappa shape index (κ1) is 29.1. The minimum Gasteiger partial charge on any atom is -0.481 e. The molecule has 0 aromatic carbocycles. The Morgan fingerprint density at radius 3 is 1.50 bits per heavy atom. The Morgan fingerprint density at radius 2 is 1.25 bits per heavy atom. The molecule has 0 aliphatic rings. The van der Waals surface area contributed by atoms with Gasteiger partial charge in [0.15, 0.2) is 0 Å². The lowest BCUT2D eigenvalue weighted by Crippen LogP contribution is -2.60. The van der Waals surface area contributed by atoms with Crippen LogP contribution < -0.4 is 5.73 Å². The largest absolute Gasteiger partial charge is 0.481 e. The maximum absolute atomic E-state index is 10.9. The molecule has 6 nitrogen and oxygen atoms in total. The van der Waals surface area contributed by atoms with Crippen molar-refractivity contribution in [3.8, 4) is 0 Å². The molecular weight excluding hydrogens is 356 g/mol. The molecule has 6 heteroatoms. The number of hydrogen-bond donors (Lipinski definition) is 3. The molecule has 0 bridgehead atoms. The first-order valence-electron chi connectivity index (χ1n) is 11.0. The summed E-state index contributed by atoms with van der Waals surface area (Å²) in [6.07, 6.45) is 15.0. The number of carboxylic acids is 2. The fourth-order valence-corrected chi connectivity index (χ4v) is 3.02. The smallest absolute Gasteiger partial charge is 0.325 e. The highest BCUT2D eigenvalue weighted by molar-refractivity contribution is 5.79. The SMILES string of the molecule is CCC(N)C(C)(C(=O)O)N(C)C.CCCCCCCCCCCCCC(=O)O. The summed E-state index contributed by atoms with van der Waals surface area (Å²) in [6.45, 7) is 5.77. The van der Waals surface area contributed by atoms with Crippen LogP contribution in [0.1, 0.15) is 104 Å². The van der Waals surface area contributed by atoms with E-state index in [0.717, 1.165) is 12.8 Å². The minimum absolute atomic E-state index is 0.343. The van der Waals surface area contributed by atoms with E-state index in [-0.39, 0.29) is 6.04 Å². The molecule has 0 heterocycles. The predicted octanol–water partition coefficient (Wildman–Crippen LogP) is 4.90. The van der Waals surface area contributed by atoms with Gasteiger partial charge in [0, 0.05) is 12.5 Å². The quantitative estimate of drug-likeness (QED) is 0.317. The van der Waals surface area contributed by atoms with Crippen LogP contribution in [0.15, 0.2) is 0 Å². The number of nitrogens with two attached hydrogens (primary N) is 1. The summed E-state index contributed by atoms with van der Waals surface area (Å²) in [5, 5.41) is 17.4. The molecular formula is C22H46N2O4. The van der Waals surface area contributed by atoms with Crippen LogP contribution in [0.2, 0.25) is 0 Å². The molecule has 0 fully saturated rings. The normalized spacial score (nSPS) is 14.1. The van der Waals surface area contributed by atoms with Gasteiger partial charge in [-0.25, -0.2) is 0 Å². The van der Waals surface area contributed by atoms with E-state index in [0.29, 0.717) is 12.8 Å². The van der Waals surface area contributed by atoms with Crippen molar-refractivity contribution in [3.63, 3.8) is 0 Å². The van der Waals surface area contributed by atoms with Crippen LogP contribution in [0.4, 0.5) is 0 Å². The zero-order chi connectivity index (χ0) is 22.0. The summed E-state index contributed by atoms with van der Waals surface area (Å²) in [6, 6.07) is -0.343. The molecule has 4 N–H and O–H groups in total. The van der Waals surface area contributed by atoms with Crippen molar-refractivity contribution in [2.45, 2.75) is 116 Å². The summed E-state index contributed by atoms with van der Waals surface area (Å²) < 4.78 is 0. The van der Waals surface area contributed by atoms with Crippen molar-refractivity contribution in [2.75, 3.05) is 14.1 Å². The highest BCUT2D eigenvalue weighted by atomic mass is 16.4. The van der Waals surface area contributed by atoms with Crippen LogP contribution in [-0.2, 0) is 9.59 Å². The molecule has 0 amide bonds. The third kappa shape index (κ3) is 13.9.